The normalized spacial score (nSPS) is 10.4. The van der Waals surface area contributed by atoms with Crippen LogP contribution in [0.4, 0.5) is 5.82 Å². The van der Waals surface area contributed by atoms with E-state index >= 15 is 0 Å². The molecule has 0 bridgehead atoms. The first-order valence-corrected chi connectivity index (χ1v) is 5.65. The van der Waals surface area contributed by atoms with Gasteiger partial charge in [-0.05, 0) is 6.92 Å². The molecule has 0 aliphatic rings. The fourth-order valence-corrected chi connectivity index (χ4v) is 2.05. The monoisotopic (exact) mass is 244 g/mol. The molecule has 94 valence electrons. The number of anilines is 1. The van der Waals surface area contributed by atoms with Crippen LogP contribution in [0.3, 0.4) is 0 Å². The third-order valence-electron chi connectivity index (χ3n) is 2.96. The van der Waals surface area contributed by atoms with Gasteiger partial charge in [0.2, 0.25) is 0 Å². The van der Waals surface area contributed by atoms with Gasteiger partial charge in [0.1, 0.15) is 23.3 Å². The van der Waals surface area contributed by atoms with E-state index in [1.807, 2.05) is 43.7 Å². The van der Waals surface area contributed by atoms with Crippen LogP contribution in [0.2, 0.25) is 0 Å². The summed E-state index contributed by atoms with van der Waals surface area (Å²) in [5.41, 5.74) is 1.37. The molecule has 0 unspecified atom stereocenters. The molecule has 2 rings (SSSR count). The minimum Gasteiger partial charge on any atom is -0.351 e. The van der Waals surface area contributed by atoms with E-state index in [1.54, 1.807) is 10.9 Å². The molecule has 0 spiro atoms. The molecule has 0 aliphatic carbocycles. The van der Waals surface area contributed by atoms with Crippen molar-refractivity contribution < 1.29 is 0 Å². The summed E-state index contributed by atoms with van der Waals surface area (Å²) in [4.78, 5) is 6.27. The summed E-state index contributed by atoms with van der Waals surface area (Å²) < 4.78 is 3.70. The SMILES string of the molecule is Cc1nn(C)c(N(C)Cc2nccn2C)c1C#N. The van der Waals surface area contributed by atoms with Crippen molar-refractivity contribution in [1.82, 2.24) is 19.3 Å². The van der Waals surface area contributed by atoms with Crippen LogP contribution in [0, 0.1) is 18.3 Å². The van der Waals surface area contributed by atoms with Gasteiger partial charge in [-0.3, -0.25) is 4.68 Å². The van der Waals surface area contributed by atoms with E-state index in [9.17, 15) is 5.26 Å². The standard InChI is InChI=1S/C12H16N6/c1-9-10(7-13)12(18(4)15-9)17(3)8-11-14-5-6-16(11)2/h5-6H,8H2,1-4H3. The van der Waals surface area contributed by atoms with Crippen LogP contribution in [-0.2, 0) is 20.6 Å². The molecule has 0 saturated carbocycles. The van der Waals surface area contributed by atoms with E-state index in [-0.39, 0.29) is 0 Å². The fraction of sp³-hybridized carbons (Fsp3) is 0.417. The number of rotatable bonds is 3. The van der Waals surface area contributed by atoms with Crippen LogP contribution in [0.1, 0.15) is 17.1 Å². The molecule has 2 aromatic rings. The Hall–Kier alpha value is -2.29. The van der Waals surface area contributed by atoms with Crippen molar-refractivity contribution in [1.29, 1.82) is 5.26 Å². The van der Waals surface area contributed by atoms with Crippen LogP contribution in [0.5, 0.6) is 0 Å². The minimum absolute atomic E-state index is 0.620. The Kier molecular flexibility index (Phi) is 3.06. The van der Waals surface area contributed by atoms with Gasteiger partial charge in [0.15, 0.2) is 0 Å². The number of hydrogen-bond donors (Lipinski definition) is 0. The molecule has 0 aliphatic heterocycles. The average Bonchev–Trinajstić information content (AvgIpc) is 2.82. The highest BCUT2D eigenvalue weighted by molar-refractivity contribution is 5.56. The number of nitrogens with zero attached hydrogens (tertiary/aromatic N) is 6. The number of aromatic nitrogens is 4. The Bertz CT molecular complexity index is 601. The van der Waals surface area contributed by atoms with Gasteiger partial charge in [0.05, 0.1) is 12.2 Å². The zero-order valence-corrected chi connectivity index (χ0v) is 11.0. The number of imidazole rings is 1. The molecule has 0 saturated heterocycles. The maximum Gasteiger partial charge on any atom is 0.145 e. The summed E-state index contributed by atoms with van der Waals surface area (Å²) in [5, 5.41) is 13.5. The molecule has 0 atom stereocenters. The second kappa shape index (κ2) is 4.53. The Balaban J connectivity index is 2.33. The fourth-order valence-electron chi connectivity index (χ4n) is 2.05. The molecule has 0 fully saturated rings. The molecular weight excluding hydrogens is 228 g/mol. The van der Waals surface area contributed by atoms with Crippen molar-refractivity contribution in [2.75, 3.05) is 11.9 Å². The van der Waals surface area contributed by atoms with Crippen molar-refractivity contribution >= 4 is 5.82 Å². The van der Waals surface area contributed by atoms with Gasteiger partial charge in [-0.15, -0.1) is 0 Å². The van der Waals surface area contributed by atoms with Crippen LogP contribution >= 0.6 is 0 Å². The van der Waals surface area contributed by atoms with Crippen molar-refractivity contribution in [2.45, 2.75) is 13.5 Å². The van der Waals surface area contributed by atoms with E-state index in [1.165, 1.54) is 0 Å². The highest BCUT2D eigenvalue weighted by Gasteiger charge is 2.17. The summed E-state index contributed by atoms with van der Waals surface area (Å²) in [6, 6.07) is 2.21. The first-order valence-electron chi connectivity index (χ1n) is 5.65. The van der Waals surface area contributed by atoms with Crippen molar-refractivity contribution in [2.24, 2.45) is 14.1 Å². The summed E-state index contributed by atoms with van der Waals surface area (Å²) >= 11 is 0. The maximum absolute atomic E-state index is 9.19. The summed E-state index contributed by atoms with van der Waals surface area (Å²) in [5.74, 6) is 1.76. The van der Waals surface area contributed by atoms with E-state index in [0.717, 1.165) is 17.3 Å². The Labute approximate surface area is 106 Å². The molecule has 6 nitrogen and oxygen atoms in total. The average molecular weight is 244 g/mol. The molecule has 2 heterocycles. The smallest absolute Gasteiger partial charge is 0.145 e. The lowest BCUT2D eigenvalue weighted by Crippen LogP contribution is -2.22. The Morgan fingerprint density at radius 2 is 2.17 bits per heavy atom. The highest BCUT2D eigenvalue weighted by Crippen LogP contribution is 2.22. The summed E-state index contributed by atoms with van der Waals surface area (Å²) in [7, 11) is 5.74. The lowest BCUT2D eigenvalue weighted by molar-refractivity contribution is 0.701. The Morgan fingerprint density at radius 1 is 1.44 bits per heavy atom. The molecule has 0 aromatic carbocycles. The third kappa shape index (κ3) is 1.95. The zero-order valence-electron chi connectivity index (χ0n) is 11.0. The van der Waals surface area contributed by atoms with Crippen LogP contribution < -0.4 is 4.90 Å². The largest absolute Gasteiger partial charge is 0.351 e. The number of aryl methyl sites for hydroxylation is 3. The summed E-state index contributed by atoms with van der Waals surface area (Å²) in [6.45, 7) is 2.48. The summed E-state index contributed by atoms with van der Waals surface area (Å²) in [6.07, 6.45) is 3.67. The molecule has 6 heteroatoms. The second-order valence-electron chi connectivity index (χ2n) is 4.33. The van der Waals surface area contributed by atoms with Gasteiger partial charge >= 0.3 is 0 Å². The highest BCUT2D eigenvalue weighted by atomic mass is 15.4. The lowest BCUT2D eigenvalue weighted by atomic mass is 10.2. The van der Waals surface area contributed by atoms with E-state index in [2.05, 4.69) is 16.2 Å². The molecule has 0 radical (unpaired) electrons. The minimum atomic E-state index is 0.620. The number of nitriles is 1. The van der Waals surface area contributed by atoms with Crippen molar-refractivity contribution in [3.05, 3.63) is 29.5 Å². The van der Waals surface area contributed by atoms with Crippen molar-refractivity contribution in [3.63, 3.8) is 0 Å². The van der Waals surface area contributed by atoms with Gasteiger partial charge in [-0.1, -0.05) is 0 Å². The van der Waals surface area contributed by atoms with Gasteiger partial charge in [0.25, 0.3) is 0 Å². The predicted octanol–water partition coefficient (Wildman–Crippen LogP) is 0.970. The van der Waals surface area contributed by atoms with Crippen LogP contribution in [-0.4, -0.2) is 26.4 Å². The Morgan fingerprint density at radius 3 is 2.72 bits per heavy atom. The van der Waals surface area contributed by atoms with Crippen LogP contribution in [0.15, 0.2) is 12.4 Å². The van der Waals surface area contributed by atoms with Crippen LogP contribution in [0.25, 0.3) is 0 Å². The molecule has 18 heavy (non-hydrogen) atoms. The third-order valence-corrected chi connectivity index (χ3v) is 2.96. The quantitative estimate of drug-likeness (QED) is 0.807. The second-order valence-corrected chi connectivity index (χ2v) is 4.33. The molecular formula is C12H16N6. The first-order chi connectivity index (χ1) is 8.54. The van der Waals surface area contributed by atoms with Gasteiger partial charge in [-0.2, -0.15) is 10.4 Å². The molecule has 0 amide bonds. The molecule has 2 aromatic heterocycles. The zero-order chi connectivity index (χ0) is 13.3. The number of hydrogen-bond acceptors (Lipinski definition) is 4. The van der Waals surface area contributed by atoms with Gasteiger partial charge < -0.3 is 9.47 Å². The first kappa shape index (κ1) is 12.2. The van der Waals surface area contributed by atoms with E-state index in [4.69, 9.17) is 0 Å². The lowest BCUT2D eigenvalue weighted by Gasteiger charge is -2.19. The van der Waals surface area contributed by atoms with E-state index in [0.29, 0.717) is 12.1 Å². The molecule has 0 N–H and O–H groups in total. The van der Waals surface area contributed by atoms with Gasteiger partial charge in [-0.25, -0.2) is 4.98 Å². The van der Waals surface area contributed by atoms with E-state index < -0.39 is 0 Å². The van der Waals surface area contributed by atoms with Gasteiger partial charge in [0, 0.05) is 33.5 Å². The van der Waals surface area contributed by atoms with Crippen molar-refractivity contribution in [3.8, 4) is 6.07 Å². The maximum atomic E-state index is 9.19. The predicted molar refractivity (Wildman–Crippen MR) is 68.0 cm³/mol. The topological polar surface area (TPSA) is 62.7 Å².